The van der Waals surface area contributed by atoms with Gasteiger partial charge in [0.1, 0.15) is 0 Å². The predicted octanol–water partition coefficient (Wildman–Crippen LogP) is -0.0675. The molecule has 1 aliphatic heterocycles. The molecule has 0 bridgehead atoms. The zero-order valence-corrected chi connectivity index (χ0v) is 11.1. The van der Waals surface area contributed by atoms with Crippen LogP contribution in [0.1, 0.15) is 24.1 Å². The molecule has 1 unspecified atom stereocenters. The quantitative estimate of drug-likeness (QED) is 0.764. The number of amides is 2. The standard InChI is InChI=1S/C13H15N5O2/c1-8-4-11-15-6-9(7-18(11)17-8)5-14-10-2-3-12(19)16-13(10)20/h4,6-7,10,14H,2-3,5H2,1H3,(H,16,19,20). The highest BCUT2D eigenvalue weighted by Crippen LogP contribution is 2.07. The molecule has 2 aromatic rings. The minimum atomic E-state index is -0.331. The van der Waals surface area contributed by atoms with Gasteiger partial charge in [-0.05, 0) is 13.3 Å². The summed E-state index contributed by atoms with van der Waals surface area (Å²) in [5, 5.41) is 9.76. The fourth-order valence-electron chi connectivity index (χ4n) is 2.25. The van der Waals surface area contributed by atoms with E-state index in [1.165, 1.54) is 0 Å². The summed E-state index contributed by atoms with van der Waals surface area (Å²) in [6.45, 7) is 2.42. The first-order chi connectivity index (χ1) is 9.61. The Hall–Kier alpha value is -2.28. The van der Waals surface area contributed by atoms with E-state index < -0.39 is 0 Å². The molecular formula is C13H15N5O2. The van der Waals surface area contributed by atoms with Gasteiger partial charge in [-0.3, -0.25) is 14.9 Å². The third kappa shape index (κ3) is 2.53. The van der Waals surface area contributed by atoms with Crippen LogP contribution < -0.4 is 10.6 Å². The monoisotopic (exact) mass is 273 g/mol. The molecule has 1 atom stereocenters. The first kappa shape index (κ1) is 12.7. The topological polar surface area (TPSA) is 88.4 Å². The first-order valence-corrected chi connectivity index (χ1v) is 6.50. The van der Waals surface area contributed by atoms with Gasteiger partial charge in [0.15, 0.2) is 5.65 Å². The van der Waals surface area contributed by atoms with Crippen LogP contribution in [0, 0.1) is 6.92 Å². The molecule has 1 fully saturated rings. The maximum atomic E-state index is 11.6. The summed E-state index contributed by atoms with van der Waals surface area (Å²) in [4.78, 5) is 27.0. The Morgan fingerprint density at radius 3 is 3.15 bits per heavy atom. The number of carbonyl (C=O) groups excluding carboxylic acids is 2. The highest BCUT2D eigenvalue weighted by atomic mass is 16.2. The molecule has 1 aliphatic rings. The van der Waals surface area contributed by atoms with E-state index in [-0.39, 0.29) is 17.9 Å². The molecule has 2 amide bonds. The van der Waals surface area contributed by atoms with Gasteiger partial charge in [-0.1, -0.05) is 0 Å². The van der Waals surface area contributed by atoms with Crippen molar-refractivity contribution in [1.82, 2.24) is 25.2 Å². The molecule has 0 saturated carbocycles. The average molecular weight is 273 g/mol. The number of piperidine rings is 1. The van der Waals surface area contributed by atoms with Gasteiger partial charge >= 0.3 is 0 Å². The second kappa shape index (κ2) is 5.01. The van der Waals surface area contributed by atoms with Crippen molar-refractivity contribution in [2.24, 2.45) is 0 Å². The number of imide groups is 1. The molecular weight excluding hydrogens is 258 g/mol. The molecule has 104 valence electrons. The van der Waals surface area contributed by atoms with Crippen LogP contribution in [0.3, 0.4) is 0 Å². The summed E-state index contributed by atoms with van der Waals surface area (Å²) < 4.78 is 1.72. The van der Waals surface area contributed by atoms with E-state index in [1.54, 1.807) is 10.7 Å². The van der Waals surface area contributed by atoms with E-state index in [4.69, 9.17) is 0 Å². The number of nitrogens with one attached hydrogen (secondary N) is 2. The largest absolute Gasteiger partial charge is 0.302 e. The van der Waals surface area contributed by atoms with Crippen molar-refractivity contribution in [3.63, 3.8) is 0 Å². The molecule has 0 radical (unpaired) electrons. The molecule has 3 rings (SSSR count). The van der Waals surface area contributed by atoms with Crippen molar-refractivity contribution in [3.8, 4) is 0 Å². The van der Waals surface area contributed by atoms with Crippen molar-refractivity contribution in [3.05, 3.63) is 29.7 Å². The van der Waals surface area contributed by atoms with Crippen LogP contribution in [-0.4, -0.2) is 32.5 Å². The number of carbonyl (C=O) groups is 2. The van der Waals surface area contributed by atoms with Crippen molar-refractivity contribution in [2.45, 2.75) is 32.4 Å². The summed E-state index contributed by atoms with van der Waals surface area (Å²) in [6, 6.07) is 1.57. The first-order valence-electron chi connectivity index (χ1n) is 6.50. The van der Waals surface area contributed by atoms with E-state index in [9.17, 15) is 9.59 Å². The number of hydrogen-bond acceptors (Lipinski definition) is 5. The van der Waals surface area contributed by atoms with Gasteiger partial charge in [-0.2, -0.15) is 5.10 Å². The lowest BCUT2D eigenvalue weighted by atomic mass is 10.1. The van der Waals surface area contributed by atoms with Crippen LogP contribution in [0.4, 0.5) is 0 Å². The molecule has 7 nitrogen and oxygen atoms in total. The molecule has 2 N–H and O–H groups in total. The Morgan fingerprint density at radius 2 is 2.35 bits per heavy atom. The lowest BCUT2D eigenvalue weighted by Crippen LogP contribution is -2.50. The van der Waals surface area contributed by atoms with E-state index in [2.05, 4.69) is 20.7 Å². The maximum Gasteiger partial charge on any atom is 0.243 e. The van der Waals surface area contributed by atoms with E-state index >= 15 is 0 Å². The van der Waals surface area contributed by atoms with Crippen molar-refractivity contribution >= 4 is 17.5 Å². The van der Waals surface area contributed by atoms with Crippen LogP contribution >= 0.6 is 0 Å². The fourth-order valence-corrected chi connectivity index (χ4v) is 2.25. The summed E-state index contributed by atoms with van der Waals surface area (Å²) in [5.41, 5.74) is 2.64. The predicted molar refractivity (Wildman–Crippen MR) is 70.7 cm³/mol. The molecule has 0 aromatic carbocycles. The summed E-state index contributed by atoms with van der Waals surface area (Å²) >= 11 is 0. The number of aryl methyl sites for hydroxylation is 1. The Morgan fingerprint density at radius 1 is 1.50 bits per heavy atom. The van der Waals surface area contributed by atoms with Crippen LogP contribution in [0.5, 0.6) is 0 Å². The van der Waals surface area contributed by atoms with Crippen LogP contribution in [0.25, 0.3) is 5.65 Å². The summed E-state index contributed by atoms with van der Waals surface area (Å²) in [5.74, 6) is -0.464. The van der Waals surface area contributed by atoms with E-state index in [1.807, 2.05) is 19.2 Å². The number of fused-ring (bicyclic) bond motifs is 1. The van der Waals surface area contributed by atoms with Crippen LogP contribution in [0.15, 0.2) is 18.5 Å². The minimum absolute atomic E-state index is 0.205. The summed E-state index contributed by atoms with van der Waals surface area (Å²) in [6.07, 6.45) is 4.55. The van der Waals surface area contributed by atoms with Gasteiger partial charge in [0.25, 0.3) is 0 Å². The van der Waals surface area contributed by atoms with Gasteiger partial charge in [-0.15, -0.1) is 0 Å². The van der Waals surface area contributed by atoms with Crippen LogP contribution in [-0.2, 0) is 16.1 Å². The van der Waals surface area contributed by atoms with Gasteiger partial charge in [0.05, 0.1) is 11.7 Å². The van der Waals surface area contributed by atoms with E-state index in [0.29, 0.717) is 19.4 Å². The van der Waals surface area contributed by atoms with Crippen molar-refractivity contribution < 1.29 is 9.59 Å². The number of nitrogens with zero attached hydrogens (tertiary/aromatic N) is 3. The molecule has 1 saturated heterocycles. The van der Waals surface area contributed by atoms with E-state index in [0.717, 1.165) is 16.9 Å². The minimum Gasteiger partial charge on any atom is -0.302 e. The highest BCUT2D eigenvalue weighted by Gasteiger charge is 2.25. The Bertz CT molecular complexity index is 678. The fraction of sp³-hybridized carbons (Fsp3) is 0.385. The molecule has 7 heteroatoms. The maximum absolute atomic E-state index is 11.6. The molecule has 20 heavy (non-hydrogen) atoms. The lowest BCUT2D eigenvalue weighted by molar-refractivity contribution is -0.134. The van der Waals surface area contributed by atoms with Gasteiger partial charge in [0, 0.05) is 37.0 Å². The van der Waals surface area contributed by atoms with Gasteiger partial charge in [0.2, 0.25) is 11.8 Å². The lowest BCUT2D eigenvalue weighted by Gasteiger charge is -2.21. The third-order valence-corrected chi connectivity index (χ3v) is 3.28. The zero-order chi connectivity index (χ0) is 14.1. The van der Waals surface area contributed by atoms with Gasteiger partial charge < -0.3 is 5.32 Å². The SMILES string of the molecule is Cc1cc2ncc(CNC3CCC(=O)NC3=O)cn2n1. The Balaban J connectivity index is 1.67. The van der Waals surface area contributed by atoms with Crippen molar-refractivity contribution in [1.29, 1.82) is 0 Å². The normalized spacial score (nSPS) is 19.4. The number of hydrogen-bond donors (Lipinski definition) is 2. The number of rotatable bonds is 3. The Kier molecular flexibility index (Phi) is 3.19. The Labute approximate surface area is 115 Å². The molecule has 2 aromatic heterocycles. The third-order valence-electron chi connectivity index (χ3n) is 3.28. The molecule has 0 aliphatic carbocycles. The van der Waals surface area contributed by atoms with Crippen molar-refractivity contribution in [2.75, 3.05) is 0 Å². The molecule has 0 spiro atoms. The average Bonchev–Trinajstić information content (AvgIpc) is 2.77. The smallest absolute Gasteiger partial charge is 0.243 e. The highest BCUT2D eigenvalue weighted by molar-refractivity contribution is 6.00. The zero-order valence-electron chi connectivity index (χ0n) is 11.1. The molecule has 3 heterocycles. The van der Waals surface area contributed by atoms with Crippen LogP contribution in [0.2, 0.25) is 0 Å². The second-order valence-electron chi connectivity index (χ2n) is 4.94. The summed E-state index contributed by atoms with van der Waals surface area (Å²) in [7, 11) is 0. The second-order valence-corrected chi connectivity index (χ2v) is 4.94. The number of aromatic nitrogens is 3. The van der Waals surface area contributed by atoms with Gasteiger partial charge in [-0.25, -0.2) is 9.50 Å².